The zero-order chi connectivity index (χ0) is 23.5. The molecular formula is C27H32FN3O2. The van der Waals surface area contributed by atoms with Crippen LogP contribution in [0.4, 0.5) is 15.8 Å². The summed E-state index contributed by atoms with van der Waals surface area (Å²) in [6, 6.07) is 11.1. The van der Waals surface area contributed by atoms with Crippen molar-refractivity contribution < 1.29 is 14.3 Å². The molecular weight excluding hydrogens is 417 g/mol. The smallest absolute Gasteiger partial charge is 0.258 e. The number of carbonyl (C=O) groups excluding carboxylic acids is 1. The molecule has 33 heavy (non-hydrogen) atoms. The number of rotatable bonds is 5. The van der Waals surface area contributed by atoms with Gasteiger partial charge in [0.1, 0.15) is 11.9 Å². The van der Waals surface area contributed by atoms with Gasteiger partial charge in [0.25, 0.3) is 5.91 Å². The van der Waals surface area contributed by atoms with Crippen molar-refractivity contribution in [2.24, 2.45) is 0 Å². The lowest BCUT2D eigenvalue weighted by Gasteiger charge is -2.29. The maximum Gasteiger partial charge on any atom is 0.258 e. The van der Waals surface area contributed by atoms with Gasteiger partial charge in [0.05, 0.1) is 5.69 Å². The van der Waals surface area contributed by atoms with Crippen LogP contribution in [0.25, 0.3) is 0 Å². The molecule has 0 bridgehead atoms. The number of aliphatic hydroxyl groups excluding tert-OH is 1. The first-order valence-corrected chi connectivity index (χ1v) is 11.7. The summed E-state index contributed by atoms with van der Waals surface area (Å²) >= 11 is 0. The molecule has 0 radical (unpaired) electrons. The van der Waals surface area contributed by atoms with Crippen molar-refractivity contribution in [2.75, 3.05) is 43.5 Å². The number of aliphatic hydroxyl groups is 1. The van der Waals surface area contributed by atoms with Crippen molar-refractivity contribution in [1.82, 2.24) is 4.90 Å². The second kappa shape index (κ2) is 9.94. The van der Waals surface area contributed by atoms with Crippen LogP contribution >= 0.6 is 0 Å². The van der Waals surface area contributed by atoms with Gasteiger partial charge in [-0.15, -0.1) is 0 Å². The average Bonchev–Trinajstić information content (AvgIpc) is 3.28. The molecule has 2 aliphatic rings. The van der Waals surface area contributed by atoms with Crippen molar-refractivity contribution in [3.8, 4) is 11.8 Å². The Kier molecular flexibility index (Phi) is 7.02. The topological polar surface area (TPSA) is 47.0 Å². The lowest BCUT2D eigenvalue weighted by Crippen LogP contribution is -2.37. The zero-order valence-corrected chi connectivity index (χ0v) is 19.6. The molecule has 4 rings (SSSR count). The van der Waals surface area contributed by atoms with Gasteiger partial charge in [-0.1, -0.05) is 25.2 Å². The monoisotopic (exact) mass is 449 g/mol. The van der Waals surface area contributed by atoms with Gasteiger partial charge in [0.15, 0.2) is 0 Å². The third-order valence-electron chi connectivity index (χ3n) is 6.61. The Hall–Kier alpha value is -2.88. The number of hydrogen-bond acceptors (Lipinski definition) is 4. The fourth-order valence-corrected chi connectivity index (χ4v) is 4.63. The number of benzene rings is 2. The Morgan fingerprint density at radius 3 is 2.73 bits per heavy atom. The number of fused-ring (bicyclic) bond motifs is 1. The van der Waals surface area contributed by atoms with Crippen LogP contribution < -0.4 is 9.80 Å². The second-order valence-corrected chi connectivity index (χ2v) is 9.14. The van der Waals surface area contributed by atoms with E-state index in [1.807, 2.05) is 25.1 Å². The maximum atomic E-state index is 15.0. The molecule has 2 aliphatic heterocycles. The van der Waals surface area contributed by atoms with E-state index in [1.165, 1.54) is 6.07 Å². The summed E-state index contributed by atoms with van der Waals surface area (Å²) in [7, 11) is 4.11. The molecule has 6 heteroatoms. The molecule has 0 aromatic heterocycles. The third-order valence-corrected chi connectivity index (χ3v) is 6.61. The minimum absolute atomic E-state index is 0.122. The van der Waals surface area contributed by atoms with E-state index in [0.29, 0.717) is 42.4 Å². The van der Waals surface area contributed by atoms with Crippen LogP contribution in [0.5, 0.6) is 0 Å². The summed E-state index contributed by atoms with van der Waals surface area (Å²) < 4.78 is 15.0. The van der Waals surface area contributed by atoms with Crippen molar-refractivity contribution >= 4 is 17.3 Å². The zero-order valence-electron chi connectivity index (χ0n) is 19.6. The van der Waals surface area contributed by atoms with E-state index < -0.39 is 6.10 Å². The Morgan fingerprint density at radius 1 is 1.21 bits per heavy atom. The summed E-state index contributed by atoms with van der Waals surface area (Å²) in [5.74, 6) is 5.45. The highest BCUT2D eigenvalue weighted by atomic mass is 19.1. The van der Waals surface area contributed by atoms with Gasteiger partial charge >= 0.3 is 0 Å². The van der Waals surface area contributed by atoms with Gasteiger partial charge in [-0.2, -0.15) is 0 Å². The molecule has 1 unspecified atom stereocenters. The number of halogens is 1. The molecule has 1 amide bonds. The Balaban J connectivity index is 1.50. The fraction of sp³-hybridized carbons (Fsp3) is 0.444. The lowest BCUT2D eigenvalue weighted by molar-refractivity contribution is 0.0980. The summed E-state index contributed by atoms with van der Waals surface area (Å²) in [5.41, 5.74) is 3.54. The molecule has 174 valence electrons. The van der Waals surface area contributed by atoms with Crippen LogP contribution in [0, 0.1) is 17.7 Å². The normalized spacial score (nSPS) is 18.8. The van der Waals surface area contributed by atoms with Crippen LogP contribution in [0.1, 0.15) is 47.7 Å². The van der Waals surface area contributed by atoms with E-state index in [4.69, 9.17) is 0 Å². The highest BCUT2D eigenvalue weighted by Crippen LogP contribution is 2.31. The van der Waals surface area contributed by atoms with Crippen LogP contribution in [-0.2, 0) is 6.42 Å². The first-order valence-electron chi connectivity index (χ1n) is 11.7. The summed E-state index contributed by atoms with van der Waals surface area (Å²) in [6.45, 7) is 4.13. The van der Waals surface area contributed by atoms with E-state index >= 15 is 4.39 Å². The second-order valence-electron chi connectivity index (χ2n) is 9.14. The van der Waals surface area contributed by atoms with Crippen LogP contribution in [-0.4, -0.2) is 61.8 Å². The van der Waals surface area contributed by atoms with Crippen molar-refractivity contribution in [3.63, 3.8) is 0 Å². The summed E-state index contributed by atoms with van der Waals surface area (Å²) in [6.07, 6.45) is 2.58. The average molecular weight is 450 g/mol. The van der Waals surface area contributed by atoms with Crippen molar-refractivity contribution in [1.29, 1.82) is 0 Å². The molecule has 2 atom stereocenters. The number of carbonyl (C=O) groups is 1. The third kappa shape index (κ3) is 5.05. The standard InChI is InChI=1S/C27H32FN3O2/c1-4-5-23(32)9-6-19-7-10-24-20(16-19)12-15-31(27(24)33)21-8-11-26(25(28)17-21)30-14-13-22(18-30)29(2)3/h7-8,10-11,16-17,22-23,32H,4-5,12-15,18H2,1-3H3/t22-,23?/m1/s1. The highest BCUT2D eigenvalue weighted by Gasteiger charge is 2.28. The van der Waals surface area contributed by atoms with E-state index in [2.05, 4.69) is 35.7 Å². The minimum atomic E-state index is -0.629. The predicted octanol–water partition coefficient (Wildman–Crippen LogP) is 3.68. The number of nitrogens with zero attached hydrogens (tertiary/aromatic N) is 3. The molecule has 2 aromatic carbocycles. The lowest BCUT2D eigenvalue weighted by atomic mass is 9.96. The SMILES string of the molecule is CCCC(O)C#Cc1ccc2c(c1)CCN(c1ccc(N3CC[C@@H](N(C)C)C3)c(F)c1)C2=O. The summed E-state index contributed by atoms with van der Waals surface area (Å²) in [4.78, 5) is 19.1. The van der Waals surface area contributed by atoms with Gasteiger partial charge in [0.2, 0.25) is 0 Å². The van der Waals surface area contributed by atoms with Crippen LogP contribution in [0.3, 0.4) is 0 Å². The molecule has 2 heterocycles. The van der Waals surface area contributed by atoms with Crippen molar-refractivity contribution in [3.05, 3.63) is 58.9 Å². The van der Waals surface area contributed by atoms with Gasteiger partial charge < -0.3 is 19.8 Å². The molecule has 0 saturated carbocycles. The Labute approximate surface area is 195 Å². The van der Waals surface area contributed by atoms with Gasteiger partial charge in [-0.25, -0.2) is 4.39 Å². The first kappa shape index (κ1) is 23.3. The molecule has 5 nitrogen and oxygen atoms in total. The first-order chi connectivity index (χ1) is 15.9. The number of anilines is 2. The quantitative estimate of drug-likeness (QED) is 0.708. The highest BCUT2D eigenvalue weighted by molar-refractivity contribution is 6.08. The van der Waals surface area contributed by atoms with Crippen LogP contribution in [0.15, 0.2) is 36.4 Å². The predicted molar refractivity (Wildman–Crippen MR) is 130 cm³/mol. The largest absolute Gasteiger partial charge is 0.380 e. The number of hydrogen-bond donors (Lipinski definition) is 1. The Morgan fingerprint density at radius 2 is 2.03 bits per heavy atom. The number of amides is 1. The fourth-order valence-electron chi connectivity index (χ4n) is 4.63. The van der Waals surface area contributed by atoms with E-state index in [9.17, 15) is 9.90 Å². The Bertz CT molecular complexity index is 1090. The van der Waals surface area contributed by atoms with Gasteiger partial charge in [-0.05, 0) is 75.3 Å². The molecule has 1 N–H and O–H groups in total. The van der Waals surface area contributed by atoms with Gasteiger partial charge in [0, 0.05) is 42.5 Å². The van der Waals surface area contributed by atoms with E-state index in [-0.39, 0.29) is 11.7 Å². The van der Waals surface area contributed by atoms with E-state index in [0.717, 1.165) is 37.1 Å². The van der Waals surface area contributed by atoms with Crippen molar-refractivity contribution in [2.45, 2.75) is 44.8 Å². The molecule has 1 fully saturated rings. The molecule has 0 spiro atoms. The molecule has 1 saturated heterocycles. The summed E-state index contributed by atoms with van der Waals surface area (Å²) in [5, 5.41) is 9.83. The van der Waals surface area contributed by atoms with Crippen LogP contribution in [0.2, 0.25) is 0 Å². The van der Waals surface area contributed by atoms with E-state index in [1.54, 1.807) is 17.0 Å². The van der Waals surface area contributed by atoms with Gasteiger partial charge in [-0.3, -0.25) is 4.79 Å². The maximum absolute atomic E-state index is 15.0. The minimum Gasteiger partial charge on any atom is -0.380 e. The number of likely N-dealkylation sites (N-methyl/N-ethyl adjacent to an activating group) is 1. The molecule has 2 aromatic rings. The molecule has 0 aliphatic carbocycles.